The fourth-order valence-corrected chi connectivity index (χ4v) is 4.53. The fourth-order valence-electron chi connectivity index (χ4n) is 4.12. The molecule has 2 aromatic carbocycles. The summed E-state index contributed by atoms with van der Waals surface area (Å²) in [5.41, 5.74) is 4.16. The number of halogens is 2. The second kappa shape index (κ2) is 9.56. The molecule has 1 saturated heterocycles. The van der Waals surface area contributed by atoms with E-state index in [2.05, 4.69) is 40.2 Å². The number of nitrogens with one attached hydrogen (secondary N) is 1. The zero-order valence-electron chi connectivity index (χ0n) is 17.2. The minimum atomic E-state index is -0.133. The Morgan fingerprint density at radius 2 is 1.90 bits per heavy atom. The number of benzene rings is 2. The van der Waals surface area contributed by atoms with E-state index in [1.807, 2.05) is 18.2 Å². The maximum absolute atomic E-state index is 11.8. The standard InChI is InChI=1S/C23H27Cl2N3O2/c1-2-14-30-23(17-7-6-16-8-9-21(29)26-19(16)15-17)28-12-10-27(11-13-28)20-5-3-4-18(24)22(20)25/h3-7,15,23H,2,8-14H2,1H3,(H,26,29). The first-order valence-corrected chi connectivity index (χ1v) is 11.3. The smallest absolute Gasteiger partial charge is 0.224 e. The van der Waals surface area contributed by atoms with Crippen LogP contribution in [0.3, 0.4) is 0 Å². The van der Waals surface area contributed by atoms with E-state index >= 15 is 0 Å². The number of carbonyl (C=O) groups is 1. The van der Waals surface area contributed by atoms with Gasteiger partial charge in [-0.25, -0.2) is 0 Å². The van der Waals surface area contributed by atoms with E-state index in [1.165, 1.54) is 5.56 Å². The summed E-state index contributed by atoms with van der Waals surface area (Å²) in [6.45, 7) is 6.18. The molecule has 5 nitrogen and oxygen atoms in total. The van der Waals surface area contributed by atoms with Gasteiger partial charge in [-0.15, -0.1) is 0 Å². The van der Waals surface area contributed by atoms with Crippen molar-refractivity contribution in [1.82, 2.24) is 4.90 Å². The third-order valence-electron chi connectivity index (χ3n) is 5.71. The molecule has 0 aliphatic carbocycles. The van der Waals surface area contributed by atoms with Crippen molar-refractivity contribution in [3.8, 4) is 0 Å². The second-order valence-corrected chi connectivity index (χ2v) is 8.57. The largest absolute Gasteiger partial charge is 0.368 e. The molecule has 0 aromatic heterocycles. The van der Waals surface area contributed by atoms with Crippen LogP contribution in [-0.2, 0) is 16.0 Å². The summed E-state index contributed by atoms with van der Waals surface area (Å²) in [5.74, 6) is 0.0812. The monoisotopic (exact) mass is 447 g/mol. The number of ether oxygens (including phenoxy) is 1. The van der Waals surface area contributed by atoms with E-state index in [4.69, 9.17) is 27.9 Å². The zero-order chi connectivity index (χ0) is 21.1. The topological polar surface area (TPSA) is 44.8 Å². The highest BCUT2D eigenvalue weighted by Crippen LogP contribution is 2.35. The van der Waals surface area contributed by atoms with Crippen molar-refractivity contribution in [2.75, 3.05) is 43.0 Å². The molecule has 0 radical (unpaired) electrons. The number of carbonyl (C=O) groups excluding carboxylic acids is 1. The summed E-state index contributed by atoms with van der Waals surface area (Å²) in [4.78, 5) is 16.5. The van der Waals surface area contributed by atoms with Crippen LogP contribution >= 0.6 is 23.2 Å². The van der Waals surface area contributed by atoms with Gasteiger partial charge in [-0.3, -0.25) is 9.69 Å². The number of piperazine rings is 1. The van der Waals surface area contributed by atoms with E-state index in [9.17, 15) is 4.79 Å². The van der Waals surface area contributed by atoms with Gasteiger partial charge in [0.1, 0.15) is 6.23 Å². The highest BCUT2D eigenvalue weighted by atomic mass is 35.5. The molecule has 2 aliphatic heterocycles. The lowest BCUT2D eigenvalue weighted by Crippen LogP contribution is -2.48. The third kappa shape index (κ3) is 4.59. The van der Waals surface area contributed by atoms with E-state index in [0.29, 0.717) is 23.1 Å². The van der Waals surface area contributed by atoms with E-state index in [1.54, 1.807) is 0 Å². The first-order valence-electron chi connectivity index (χ1n) is 10.5. The van der Waals surface area contributed by atoms with Crippen LogP contribution in [0.4, 0.5) is 11.4 Å². The highest BCUT2D eigenvalue weighted by molar-refractivity contribution is 6.43. The minimum absolute atomic E-state index is 0.0812. The molecule has 1 unspecified atom stereocenters. The molecule has 4 rings (SSSR count). The highest BCUT2D eigenvalue weighted by Gasteiger charge is 2.28. The maximum atomic E-state index is 11.8. The molecule has 0 spiro atoms. The van der Waals surface area contributed by atoms with E-state index in [-0.39, 0.29) is 12.1 Å². The van der Waals surface area contributed by atoms with Gasteiger partial charge < -0.3 is 15.0 Å². The normalized spacial score (nSPS) is 18.1. The molecule has 1 atom stereocenters. The van der Waals surface area contributed by atoms with Crippen molar-refractivity contribution in [2.24, 2.45) is 0 Å². The number of amides is 1. The Hall–Kier alpha value is -1.79. The van der Waals surface area contributed by atoms with Gasteiger partial charge in [0.2, 0.25) is 5.91 Å². The van der Waals surface area contributed by atoms with E-state index < -0.39 is 0 Å². The van der Waals surface area contributed by atoms with Crippen molar-refractivity contribution in [2.45, 2.75) is 32.4 Å². The van der Waals surface area contributed by atoms with Gasteiger partial charge in [0.05, 0.1) is 15.7 Å². The first kappa shape index (κ1) is 21.4. The lowest BCUT2D eigenvalue weighted by Gasteiger charge is -2.40. The van der Waals surface area contributed by atoms with Crippen molar-refractivity contribution in [3.63, 3.8) is 0 Å². The third-order valence-corrected chi connectivity index (χ3v) is 6.52. The number of aryl methyl sites for hydroxylation is 1. The fraction of sp³-hybridized carbons (Fsp3) is 0.435. The van der Waals surface area contributed by atoms with Crippen LogP contribution in [-0.4, -0.2) is 43.6 Å². The molecular formula is C23H27Cl2N3O2. The average Bonchev–Trinajstić information content (AvgIpc) is 2.76. The van der Waals surface area contributed by atoms with Crippen molar-refractivity contribution < 1.29 is 9.53 Å². The first-order chi connectivity index (χ1) is 14.6. The molecule has 0 saturated carbocycles. The Morgan fingerprint density at radius 3 is 2.67 bits per heavy atom. The second-order valence-electron chi connectivity index (χ2n) is 7.78. The number of hydrogen-bond acceptors (Lipinski definition) is 4. The Bertz CT molecular complexity index is 913. The minimum Gasteiger partial charge on any atom is -0.368 e. The van der Waals surface area contributed by atoms with Gasteiger partial charge in [-0.05, 0) is 42.2 Å². The SMILES string of the molecule is CCCOC(c1ccc2c(c1)NC(=O)CC2)N1CCN(c2cccc(Cl)c2Cl)CC1. The van der Waals surface area contributed by atoms with Crippen LogP contribution in [0.25, 0.3) is 0 Å². The zero-order valence-corrected chi connectivity index (χ0v) is 18.7. The summed E-state index contributed by atoms with van der Waals surface area (Å²) in [6, 6.07) is 12.1. The number of hydrogen-bond donors (Lipinski definition) is 1. The number of nitrogens with zero attached hydrogens (tertiary/aromatic N) is 2. The predicted molar refractivity (Wildman–Crippen MR) is 123 cm³/mol. The van der Waals surface area contributed by atoms with Crippen LogP contribution in [0.2, 0.25) is 10.0 Å². The van der Waals surface area contributed by atoms with Crippen LogP contribution in [0.1, 0.15) is 37.1 Å². The lowest BCUT2D eigenvalue weighted by molar-refractivity contribution is -0.116. The molecule has 30 heavy (non-hydrogen) atoms. The van der Waals surface area contributed by atoms with Gasteiger partial charge >= 0.3 is 0 Å². The molecule has 2 aromatic rings. The number of fused-ring (bicyclic) bond motifs is 1. The molecule has 2 heterocycles. The van der Waals surface area contributed by atoms with Crippen molar-refractivity contribution >= 4 is 40.5 Å². The summed E-state index contributed by atoms with van der Waals surface area (Å²) in [6.07, 6.45) is 2.17. The quantitative estimate of drug-likeness (QED) is 0.666. The van der Waals surface area contributed by atoms with Crippen LogP contribution in [0, 0.1) is 0 Å². The maximum Gasteiger partial charge on any atom is 0.224 e. The van der Waals surface area contributed by atoms with Gasteiger partial charge in [0, 0.05) is 44.9 Å². The van der Waals surface area contributed by atoms with Crippen LogP contribution in [0.15, 0.2) is 36.4 Å². The Labute approximate surface area is 187 Å². The Balaban J connectivity index is 1.50. The van der Waals surface area contributed by atoms with Crippen LogP contribution in [0.5, 0.6) is 0 Å². The Morgan fingerprint density at radius 1 is 1.10 bits per heavy atom. The van der Waals surface area contributed by atoms with Gasteiger partial charge in [0.25, 0.3) is 0 Å². The lowest BCUT2D eigenvalue weighted by atomic mass is 10.00. The summed E-state index contributed by atoms with van der Waals surface area (Å²) >= 11 is 12.6. The molecular weight excluding hydrogens is 421 g/mol. The number of rotatable bonds is 6. The summed E-state index contributed by atoms with van der Waals surface area (Å²) in [5, 5.41) is 4.19. The molecule has 2 aliphatic rings. The van der Waals surface area contributed by atoms with Crippen LogP contribution < -0.4 is 10.2 Å². The van der Waals surface area contributed by atoms with Gasteiger partial charge in [-0.2, -0.15) is 0 Å². The predicted octanol–water partition coefficient (Wildman–Crippen LogP) is 5.13. The molecule has 7 heteroatoms. The molecule has 0 bridgehead atoms. The molecule has 1 amide bonds. The molecule has 1 N–H and O–H groups in total. The summed E-state index contributed by atoms with van der Waals surface area (Å²) in [7, 11) is 0. The Kier molecular flexibility index (Phi) is 6.84. The average molecular weight is 448 g/mol. The van der Waals surface area contributed by atoms with Crippen molar-refractivity contribution in [3.05, 3.63) is 57.6 Å². The molecule has 1 fully saturated rings. The van der Waals surface area contributed by atoms with Crippen molar-refractivity contribution in [1.29, 1.82) is 0 Å². The van der Waals surface area contributed by atoms with E-state index in [0.717, 1.165) is 56.0 Å². The number of anilines is 2. The summed E-state index contributed by atoms with van der Waals surface area (Å²) < 4.78 is 6.27. The molecule has 160 valence electrons. The van der Waals surface area contributed by atoms with Gasteiger partial charge in [-0.1, -0.05) is 48.3 Å². The van der Waals surface area contributed by atoms with Gasteiger partial charge in [0.15, 0.2) is 0 Å².